The molecule has 0 radical (unpaired) electrons. The molecule has 0 aliphatic heterocycles. The van der Waals surface area contributed by atoms with E-state index in [1.165, 1.54) is 5.56 Å². The molecule has 0 amide bonds. The smallest absolute Gasteiger partial charge is 0.314 e. The first-order valence-corrected chi connectivity index (χ1v) is 7.11. The summed E-state index contributed by atoms with van der Waals surface area (Å²) in [5.41, 5.74) is 1.93. The minimum absolute atomic E-state index is 0.0538. The maximum Gasteiger partial charge on any atom is 0.314 e. The van der Waals surface area contributed by atoms with E-state index in [0.29, 0.717) is 11.3 Å². The van der Waals surface area contributed by atoms with Crippen molar-refractivity contribution in [3.8, 4) is 18.1 Å². The molecule has 2 unspecified atom stereocenters. The monoisotopic (exact) mass is 276 g/mol. The molecule has 0 aromatic heterocycles. The van der Waals surface area contributed by atoms with Gasteiger partial charge in [0.2, 0.25) is 0 Å². The van der Waals surface area contributed by atoms with Crippen molar-refractivity contribution in [1.82, 2.24) is 0 Å². The molecule has 1 fully saturated rings. The standard InChI is InChI=1S/C19H16O2/c1-2-14-7-6-10-16(13-14)21-19(20)18-12-11-17(18)15-8-4-3-5-9-15/h1,3-10,13,17-18H,11-12H2. The predicted molar refractivity (Wildman–Crippen MR) is 81.9 cm³/mol. The third-order valence-corrected chi connectivity index (χ3v) is 4.02. The second kappa shape index (κ2) is 5.85. The van der Waals surface area contributed by atoms with Crippen molar-refractivity contribution < 1.29 is 9.53 Å². The molecule has 0 saturated heterocycles. The fraction of sp³-hybridized carbons (Fsp3) is 0.211. The van der Waals surface area contributed by atoms with E-state index in [-0.39, 0.29) is 17.8 Å². The highest BCUT2D eigenvalue weighted by Crippen LogP contribution is 2.43. The van der Waals surface area contributed by atoms with E-state index in [1.54, 1.807) is 18.2 Å². The van der Waals surface area contributed by atoms with Gasteiger partial charge in [0.15, 0.2) is 0 Å². The Morgan fingerprint density at radius 1 is 1.10 bits per heavy atom. The quantitative estimate of drug-likeness (QED) is 0.484. The summed E-state index contributed by atoms with van der Waals surface area (Å²) in [6, 6.07) is 17.2. The molecule has 1 aliphatic carbocycles. The summed E-state index contributed by atoms with van der Waals surface area (Å²) in [5.74, 6) is 3.12. The lowest BCUT2D eigenvalue weighted by Crippen LogP contribution is -2.34. The van der Waals surface area contributed by atoms with Crippen LogP contribution in [0.1, 0.15) is 29.9 Å². The molecule has 21 heavy (non-hydrogen) atoms. The van der Waals surface area contributed by atoms with Crippen LogP contribution in [0.2, 0.25) is 0 Å². The highest BCUT2D eigenvalue weighted by Gasteiger charge is 2.38. The van der Waals surface area contributed by atoms with Crippen molar-refractivity contribution in [3.63, 3.8) is 0 Å². The van der Waals surface area contributed by atoms with Gasteiger partial charge in [0.05, 0.1) is 5.92 Å². The Hall–Kier alpha value is -2.53. The van der Waals surface area contributed by atoms with Crippen LogP contribution >= 0.6 is 0 Å². The second-order valence-electron chi connectivity index (χ2n) is 5.29. The SMILES string of the molecule is C#Cc1cccc(OC(=O)C2CCC2c2ccccc2)c1. The van der Waals surface area contributed by atoms with Crippen LogP contribution < -0.4 is 4.74 Å². The summed E-state index contributed by atoms with van der Waals surface area (Å²) >= 11 is 0. The Morgan fingerprint density at radius 2 is 1.90 bits per heavy atom. The first-order valence-electron chi connectivity index (χ1n) is 7.11. The van der Waals surface area contributed by atoms with Crippen LogP contribution in [0.15, 0.2) is 54.6 Å². The maximum absolute atomic E-state index is 12.3. The summed E-state index contributed by atoms with van der Waals surface area (Å²) in [5, 5.41) is 0. The van der Waals surface area contributed by atoms with Crippen molar-refractivity contribution in [2.75, 3.05) is 0 Å². The molecule has 1 saturated carbocycles. The number of rotatable bonds is 3. The average Bonchev–Trinajstić information content (AvgIpc) is 2.47. The fourth-order valence-electron chi connectivity index (χ4n) is 2.72. The zero-order chi connectivity index (χ0) is 14.7. The molecule has 2 aromatic carbocycles. The van der Waals surface area contributed by atoms with Crippen molar-refractivity contribution in [3.05, 3.63) is 65.7 Å². The van der Waals surface area contributed by atoms with Gasteiger partial charge in [0, 0.05) is 5.56 Å². The molecule has 2 nitrogen and oxygen atoms in total. The molecule has 0 bridgehead atoms. The van der Waals surface area contributed by atoms with E-state index in [9.17, 15) is 4.79 Å². The molecular formula is C19H16O2. The van der Waals surface area contributed by atoms with E-state index in [2.05, 4.69) is 18.1 Å². The van der Waals surface area contributed by atoms with Crippen LogP contribution in [0, 0.1) is 18.3 Å². The largest absolute Gasteiger partial charge is 0.426 e. The first kappa shape index (κ1) is 13.5. The van der Waals surface area contributed by atoms with Crippen molar-refractivity contribution in [1.29, 1.82) is 0 Å². The number of benzene rings is 2. The van der Waals surface area contributed by atoms with Crippen molar-refractivity contribution in [2.45, 2.75) is 18.8 Å². The number of ether oxygens (including phenoxy) is 1. The van der Waals surface area contributed by atoms with Gasteiger partial charge >= 0.3 is 5.97 Å². The summed E-state index contributed by atoms with van der Waals surface area (Å²) < 4.78 is 5.48. The lowest BCUT2D eigenvalue weighted by molar-refractivity contribution is -0.142. The van der Waals surface area contributed by atoms with E-state index >= 15 is 0 Å². The maximum atomic E-state index is 12.3. The summed E-state index contributed by atoms with van der Waals surface area (Å²) in [6.07, 6.45) is 7.27. The Morgan fingerprint density at radius 3 is 2.57 bits per heavy atom. The number of hydrogen-bond donors (Lipinski definition) is 0. The fourth-order valence-corrected chi connectivity index (χ4v) is 2.72. The zero-order valence-corrected chi connectivity index (χ0v) is 11.7. The summed E-state index contributed by atoms with van der Waals surface area (Å²) in [4.78, 5) is 12.3. The van der Waals surface area contributed by atoms with Crippen LogP contribution in [0.25, 0.3) is 0 Å². The van der Waals surface area contributed by atoms with E-state index in [0.717, 1.165) is 12.8 Å². The molecule has 2 heteroatoms. The molecule has 3 rings (SSSR count). The second-order valence-corrected chi connectivity index (χ2v) is 5.29. The van der Waals surface area contributed by atoms with Gasteiger partial charge < -0.3 is 4.74 Å². The molecule has 2 atom stereocenters. The van der Waals surface area contributed by atoms with Gasteiger partial charge in [-0.2, -0.15) is 0 Å². The molecule has 104 valence electrons. The summed E-state index contributed by atoms with van der Waals surface area (Å²) in [6.45, 7) is 0. The Bertz CT molecular complexity index is 682. The van der Waals surface area contributed by atoms with Gasteiger partial charge in [0.25, 0.3) is 0 Å². The van der Waals surface area contributed by atoms with Gasteiger partial charge in [0.1, 0.15) is 5.75 Å². The van der Waals surface area contributed by atoms with E-state index < -0.39 is 0 Å². The van der Waals surface area contributed by atoms with Crippen molar-refractivity contribution >= 4 is 5.97 Å². The predicted octanol–water partition coefficient (Wildman–Crippen LogP) is 3.77. The molecule has 1 aliphatic rings. The number of carbonyl (C=O) groups is 1. The Kier molecular flexibility index (Phi) is 3.75. The summed E-state index contributed by atoms with van der Waals surface area (Å²) in [7, 11) is 0. The molecule has 0 heterocycles. The average molecular weight is 276 g/mol. The lowest BCUT2D eigenvalue weighted by Gasteiger charge is -2.34. The Balaban J connectivity index is 1.70. The first-order chi connectivity index (χ1) is 10.3. The molecule has 0 spiro atoms. The van der Waals surface area contributed by atoms with Crippen LogP contribution in [-0.2, 0) is 4.79 Å². The third-order valence-electron chi connectivity index (χ3n) is 4.02. The van der Waals surface area contributed by atoms with Crippen LogP contribution in [-0.4, -0.2) is 5.97 Å². The van der Waals surface area contributed by atoms with Crippen LogP contribution in [0.3, 0.4) is 0 Å². The van der Waals surface area contributed by atoms with Crippen LogP contribution in [0.5, 0.6) is 5.75 Å². The number of terminal acetylenes is 1. The topological polar surface area (TPSA) is 26.3 Å². The minimum Gasteiger partial charge on any atom is -0.426 e. The number of carbonyl (C=O) groups excluding carboxylic acids is 1. The van der Waals surface area contributed by atoms with E-state index in [4.69, 9.17) is 11.2 Å². The lowest BCUT2D eigenvalue weighted by atomic mass is 9.70. The number of esters is 1. The third kappa shape index (κ3) is 2.83. The van der Waals surface area contributed by atoms with E-state index in [1.807, 2.05) is 24.3 Å². The Labute approximate surface area is 124 Å². The minimum atomic E-state index is -0.163. The van der Waals surface area contributed by atoms with Gasteiger partial charge in [-0.3, -0.25) is 4.79 Å². The molecular weight excluding hydrogens is 260 g/mol. The zero-order valence-electron chi connectivity index (χ0n) is 11.7. The van der Waals surface area contributed by atoms with Gasteiger partial charge in [-0.05, 0) is 42.5 Å². The van der Waals surface area contributed by atoms with Gasteiger partial charge in [-0.15, -0.1) is 6.42 Å². The van der Waals surface area contributed by atoms with Crippen molar-refractivity contribution in [2.24, 2.45) is 5.92 Å². The highest BCUT2D eigenvalue weighted by molar-refractivity contribution is 5.77. The number of hydrogen-bond acceptors (Lipinski definition) is 2. The highest BCUT2D eigenvalue weighted by atomic mass is 16.5. The van der Waals surface area contributed by atoms with Gasteiger partial charge in [-0.1, -0.05) is 42.3 Å². The van der Waals surface area contributed by atoms with Crippen LogP contribution in [0.4, 0.5) is 0 Å². The molecule has 0 N–H and O–H groups in total. The van der Waals surface area contributed by atoms with Gasteiger partial charge in [-0.25, -0.2) is 0 Å². The molecule has 2 aromatic rings. The normalized spacial score (nSPS) is 20.1.